The lowest BCUT2D eigenvalue weighted by atomic mass is 9.95. The Bertz CT molecular complexity index is 1180. The van der Waals surface area contributed by atoms with E-state index < -0.39 is 22.5 Å². The maximum Gasteiger partial charge on any atom is 0.253 e. The first-order valence-corrected chi connectivity index (χ1v) is 13.6. The molecule has 0 spiro atoms. The fraction of sp³-hybridized carbons (Fsp3) is 0.440. The number of sulfonamides is 1. The molecule has 1 aliphatic carbocycles. The topological polar surface area (TPSA) is 114 Å². The van der Waals surface area contributed by atoms with E-state index in [1.165, 1.54) is 13.3 Å². The molecule has 2 aromatic rings. The molecule has 35 heavy (non-hydrogen) atoms. The number of fused-ring (bicyclic) bond motifs is 1. The third kappa shape index (κ3) is 6.05. The van der Waals surface area contributed by atoms with Crippen LogP contribution in [0.5, 0.6) is 11.5 Å². The van der Waals surface area contributed by atoms with Crippen molar-refractivity contribution in [3.8, 4) is 11.5 Å². The van der Waals surface area contributed by atoms with Crippen LogP contribution in [-0.4, -0.2) is 51.8 Å². The molecule has 2 amide bonds. The number of nitrogens with zero attached hydrogens (tertiary/aromatic N) is 1. The number of ether oxygens (including phenoxy) is 2. The van der Waals surface area contributed by atoms with E-state index >= 15 is 0 Å². The van der Waals surface area contributed by atoms with Crippen molar-refractivity contribution < 1.29 is 27.5 Å². The zero-order chi connectivity index (χ0) is 24.8. The van der Waals surface area contributed by atoms with E-state index in [0.29, 0.717) is 41.7 Å². The van der Waals surface area contributed by atoms with E-state index in [0.717, 1.165) is 30.0 Å². The molecule has 1 heterocycles. The van der Waals surface area contributed by atoms with Crippen LogP contribution in [0.15, 0.2) is 42.5 Å². The number of anilines is 2. The van der Waals surface area contributed by atoms with Gasteiger partial charge in [-0.3, -0.25) is 13.9 Å². The molecule has 0 unspecified atom stereocenters. The van der Waals surface area contributed by atoms with Crippen LogP contribution in [0.2, 0.25) is 0 Å². The second-order valence-electron chi connectivity index (χ2n) is 8.64. The van der Waals surface area contributed by atoms with E-state index in [1.54, 1.807) is 42.5 Å². The Morgan fingerprint density at radius 2 is 1.71 bits per heavy atom. The second kappa shape index (κ2) is 11.0. The number of hydrogen-bond donors (Lipinski definition) is 2. The maximum absolute atomic E-state index is 13.0. The summed E-state index contributed by atoms with van der Waals surface area (Å²) in [6.45, 7) is 1.84. The van der Waals surface area contributed by atoms with Crippen molar-refractivity contribution in [3.63, 3.8) is 0 Å². The van der Waals surface area contributed by atoms with Crippen molar-refractivity contribution in [2.24, 2.45) is 0 Å². The number of amides is 2. The molecular formula is C25H31N3O6S. The summed E-state index contributed by atoms with van der Waals surface area (Å²) in [7, 11) is -3.78. The van der Waals surface area contributed by atoms with Crippen molar-refractivity contribution in [2.45, 2.75) is 45.1 Å². The highest BCUT2D eigenvalue weighted by atomic mass is 32.2. The van der Waals surface area contributed by atoms with E-state index in [1.807, 2.05) is 0 Å². The molecule has 1 aliphatic heterocycles. The van der Waals surface area contributed by atoms with Gasteiger partial charge >= 0.3 is 0 Å². The number of nitrogens with one attached hydrogen (secondary N) is 2. The van der Waals surface area contributed by atoms with Crippen molar-refractivity contribution in [3.05, 3.63) is 48.0 Å². The van der Waals surface area contributed by atoms with E-state index in [4.69, 9.17) is 9.47 Å². The van der Waals surface area contributed by atoms with Crippen LogP contribution in [0.1, 0.15) is 49.4 Å². The Balaban J connectivity index is 1.51. The summed E-state index contributed by atoms with van der Waals surface area (Å²) in [5.74, 6) is -0.0475. The van der Waals surface area contributed by atoms with Gasteiger partial charge in [-0.05, 0) is 44.0 Å². The first-order chi connectivity index (χ1) is 16.9. The normalized spacial score (nSPS) is 15.8. The third-order valence-electron chi connectivity index (χ3n) is 6.19. The number of hydrogen-bond acceptors (Lipinski definition) is 6. The SMILES string of the molecule is CCS(=O)(=O)N(CC(=O)Nc1ccccc1C(=O)NC1CCCCC1)c1ccc2c(c1)OCCO2. The summed E-state index contributed by atoms with van der Waals surface area (Å²) in [5, 5.41) is 5.78. The van der Waals surface area contributed by atoms with Gasteiger partial charge in [-0.1, -0.05) is 31.4 Å². The van der Waals surface area contributed by atoms with Gasteiger partial charge in [-0.15, -0.1) is 0 Å². The summed E-state index contributed by atoms with van der Waals surface area (Å²) in [6, 6.07) is 11.6. The minimum Gasteiger partial charge on any atom is -0.486 e. The summed E-state index contributed by atoms with van der Waals surface area (Å²) in [6.07, 6.45) is 5.24. The van der Waals surface area contributed by atoms with Crippen LogP contribution < -0.4 is 24.4 Å². The monoisotopic (exact) mass is 501 g/mol. The van der Waals surface area contributed by atoms with Crippen LogP contribution in [0.25, 0.3) is 0 Å². The highest BCUT2D eigenvalue weighted by molar-refractivity contribution is 7.92. The average molecular weight is 502 g/mol. The van der Waals surface area contributed by atoms with Crippen molar-refractivity contribution in [2.75, 3.05) is 35.1 Å². The average Bonchev–Trinajstić information content (AvgIpc) is 2.88. The van der Waals surface area contributed by atoms with Crippen molar-refractivity contribution in [1.29, 1.82) is 0 Å². The Labute approximate surface area is 205 Å². The standard InChI is InChI=1S/C25H31N3O6S/c1-2-35(31,32)28(19-12-13-22-23(16-19)34-15-14-33-22)17-24(29)27-21-11-7-6-10-20(21)25(30)26-18-8-4-3-5-9-18/h6-7,10-13,16,18H,2-5,8-9,14-15,17H2,1H3,(H,26,30)(H,27,29). The number of rotatable bonds is 8. The minimum absolute atomic E-state index is 0.125. The molecule has 4 rings (SSSR count). The van der Waals surface area contributed by atoms with Gasteiger partial charge in [0.15, 0.2) is 11.5 Å². The highest BCUT2D eigenvalue weighted by Gasteiger charge is 2.26. The number of para-hydroxylation sites is 1. The summed E-state index contributed by atoms with van der Waals surface area (Å²) in [5.41, 5.74) is 0.979. The zero-order valence-corrected chi connectivity index (χ0v) is 20.6. The molecule has 0 saturated heterocycles. The smallest absolute Gasteiger partial charge is 0.253 e. The van der Waals surface area contributed by atoms with Crippen molar-refractivity contribution in [1.82, 2.24) is 5.32 Å². The fourth-order valence-electron chi connectivity index (χ4n) is 4.31. The molecule has 2 aliphatic rings. The number of carbonyl (C=O) groups excluding carboxylic acids is 2. The Morgan fingerprint density at radius 3 is 2.46 bits per heavy atom. The quantitative estimate of drug-likeness (QED) is 0.574. The van der Waals surface area contributed by atoms with Crippen LogP contribution >= 0.6 is 0 Å². The lowest BCUT2D eigenvalue weighted by Crippen LogP contribution is -2.39. The van der Waals surface area contributed by atoms with Crippen LogP contribution in [0.3, 0.4) is 0 Å². The Hall–Kier alpha value is -3.27. The van der Waals surface area contributed by atoms with Gasteiger partial charge in [-0.2, -0.15) is 0 Å². The van der Waals surface area contributed by atoms with Gasteiger partial charge in [0.2, 0.25) is 15.9 Å². The van der Waals surface area contributed by atoms with E-state index in [9.17, 15) is 18.0 Å². The predicted molar refractivity (Wildman–Crippen MR) is 134 cm³/mol. The fourth-order valence-corrected chi connectivity index (χ4v) is 5.37. The summed E-state index contributed by atoms with van der Waals surface area (Å²) < 4.78 is 37.9. The van der Waals surface area contributed by atoms with E-state index in [-0.39, 0.29) is 17.7 Å². The lowest BCUT2D eigenvalue weighted by Gasteiger charge is -2.26. The number of carbonyl (C=O) groups is 2. The van der Waals surface area contributed by atoms with Gasteiger partial charge < -0.3 is 20.1 Å². The Morgan fingerprint density at radius 1 is 1.00 bits per heavy atom. The molecule has 0 aromatic heterocycles. The van der Waals surface area contributed by atoms with Crippen molar-refractivity contribution >= 4 is 33.2 Å². The molecular weight excluding hydrogens is 470 g/mol. The van der Waals surface area contributed by atoms with Gasteiger partial charge in [0, 0.05) is 12.1 Å². The largest absolute Gasteiger partial charge is 0.486 e. The zero-order valence-electron chi connectivity index (χ0n) is 19.8. The molecule has 0 bridgehead atoms. The highest BCUT2D eigenvalue weighted by Crippen LogP contribution is 2.35. The van der Waals surface area contributed by atoms with Gasteiger partial charge in [0.25, 0.3) is 5.91 Å². The summed E-state index contributed by atoms with van der Waals surface area (Å²) in [4.78, 5) is 25.9. The minimum atomic E-state index is -3.78. The van der Waals surface area contributed by atoms with Gasteiger partial charge in [0.05, 0.1) is 22.7 Å². The molecule has 2 aromatic carbocycles. The Kier molecular flexibility index (Phi) is 7.80. The molecule has 1 saturated carbocycles. The van der Waals surface area contributed by atoms with Gasteiger partial charge in [0.1, 0.15) is 19.8 Å². The second-order valence-corrected chi connectivity index (χ2v) is 10.8. The first kappa shape index (κ1) is 24.8. The molecule has 0 radical (unpaired) electrons. The summed E-state index contributed by atoms with van der Waals surface area (Å²) >= 11 is 0. The molecule has 9 nitrogen and oxygen atoms in total. The predicted octanol–water partition coefficient (Wildman–Crippen LogP) is 3.32. The number of benzene rings is 2. The van der Waals surface area contributed by atoms with Crippen LogP contribution in [0, 0.1) is 0 Å². The molecule has 10 heteroatoms. The molecule has 1 fully saturated rings. The van der Waals surface area contributed by atoms with Crippen LogP contribution in [0.4, 0.5) is 11.4 Å². The van der Waals surface area contributed by atoms with Crippen LogP contribution in [-0.2, 0) is 14.8 Å². The molecule has 188 valence electrons. The van der Waals surface area contributed by atoms with E-state index in [2.05, 4.69) is 10.6 Å². The molecule has 2 N–H and O–H groups in total. The first-order valence-electron chi connectivity index (χ1n) is 12.0. The molecule has 0 atom stereocenters. The third-order valence-corrected chi connectivity index (χ3v) is 7.93. The lowest BCUT2D eigenvalue weighted by molar-refractivity contribution is -0.114. The maximum atomic E-state index is 13.0. The van der Waals surface area contributed by atoms with Gasteiger partial charge in [-0.25, -0.2) is 8.42 Å².